The largest absolute Gasteiger partial charge is 0.262 e. The summed E-state index contributed by atoms with van der Waals surface area (Å²) in [6.45, 7) is 12.0. The van der Waals surface area contributed by atoms with E-state index in [2.05, 4.69) is 47.4 Å². The molecule has 3 heteroatoms. The van der Waals surface area contributed by atoms with Crippen LogP contribution in [0.1, 0.15) is 20.3 Å². The van der Waals surface area contributed by atoms with Crippen LogP contribution < -0.4 is 0 Å². The second-order valence-electron chi connectivity index (χ2n) is 7.08. The van der Waals surface area contributed by atoms with Crippen LogP contribution in [0.4, 0.5) is 5.69 Å². The first kappa shape index (κ1) is 21.8. The van der Waals surface area contributed by atoms with Gasteiger partial charge in [0.25, 0.3) is 0 Å². The minimum atomic E-state index is 0.726. The molecule has 0 N–H and O–H groups in total. The van der Waals surface area contributed by atoms with Crippen molar-refractivity contribution >= 4 is 17.6 Å². The molecule has 3 aromatic rings. The van der Waals surface area contributed by atoms with E-state index in [1.54, 1.807) is 12.3 Å². The third-order valence-electron chi connectivity index (χ3n) is 4.70. The Hall–Kier alpha value is -3.85. The monoisotopic (exact) mass is 405 g/mol. The number of rotatable bonds is 8. The van der Waals surface area contributed by atoms with Crippen molar-refractivity contribution in [2.24, 2.45) is 9.98 Å². The lowest BCUT2D eigenvalue weighted by Crippen LogP contribution is -1.92. The summed E-state index contributed by atoms with van der Waals surface area (Å²) >= 11 is 0. The molecule has 0 spiro atoms. The summed E-state index contributed by atoms with van der Waals surface area (Å²) in [5.41, 5.74) is 7.41. The molecule has 3 nitrogen and oxygen atoms in total. The van der Waals surface area contributed by atoms with Crippen molar-refractivity contribution in [3.63, 3.8) is 0 Å². The Kier molecular flexibility index (Phi) is 7.61. The van der Waals surface area contributed by atoms with Crippen molar-refractivity contribution in [2.75, 3.05) is 0 Å². The number of benzene rings is 2. The smallest absolute Gasteiger partial charge is 0.0702 e. The second kappa shape index (κ2) is 10.8. The van der Waals surface area contributed by atoms with E-state index in [1.165, 1.54) is 0 Å². The van der Waals surface area contributed by atoms with Gasteiger partial charge in [-0.25, -0.2) is 4.99 Å². The summed E-state index contributed by atoms with van der Waals surface area (Å²) in [5.74, 6) is 0. The minimum Gasteiger partial charge on any atom is -0.262 e. The fourth-order valence-corrected chi connectivity index (χ4v) is 3.05. The number of hydrogen-bond acceptors (Lipinski definition) is 3. The molecule has 0 bridgehead atoms. The molecule has 31 heavy (non-hydrogen) atoms. The highest BCUT2D eigenvalue weighted by atomic mass is 14.8. The highest BCUT2D eigenvalue weighted by Crippen LogP contribution is 2.31. The summed E-state index contributed by atoms with van der Waals surface area (Å²) in [6, 6.07) is 22.5. The molecule has 3 rings (SSSR count). The summed E-state index contributed by atoms with van der Waals surface area (Å²) in [5, 5.41) is 0. The van der Waals surface area contributed by atoms with Gasteiger partial charge in [-0.2, -0.15) is 0 Å². The highest BCUT2D eigenvalue weighted by Gasteiger charge is 2.07. The van der Waals surface area contributed by atoms with Crippen LogP contribution in [-0.2, 0) is 0 Å². The molecule has 0 aliphatic carbocycles. The maximum atomic E-state index is 4.85. The average Bonchev–Trinajstić information content (AvgIpc) is 2.82. The summed E-state index contributed by atoms with van der Waals surface area (Å²) < 4.78 is 0. The summed E-state index contributed by atoms with van der Waals surface area (Å²) in [4.78, 5) is 13.7. The van der Waals surface area contributed by atoms with Gasteiger partial charge in [-0.1, -0.05) is 56.5 Å². The molecule has 0 saturated carbocycles. The number of aromatic nitrogens is 1. The maximum absolute atomic E-state index is 4.85. The van der Waals surface area contributed by atoms with Crippen LogP contribution in [0, 0.1) is 0 Å². The van der Waals surface area contributed by atoms with E-state index < -0.39 is 0 Å². The van der Waals surface area contributed by atoms with E-state index in [9.17, 15) is 0 Å². The molecule has 1 heterocycles. The molecule has 2 aromatic carbocycles. The molecule has 1 aromatic heterocycles. The van der Waals surface area contributed by atoms with E-state index in [1.807, 2.05) is 68.6 Å². The lowest BCUT2D eigenvalue weighted by molar-refractivity contribution is 1.26. The Labute approximate surface area is 185 Å². The van der Waals surface area contributed by atoms with Gasteiger partial charge in [0, 0.05) is 18.0 Å². The first-order valence-corrected chi connectivity index (χ1v) is 10.3. The fraction of sp³-hybridized carbons (Fsp3) is 0.107. The van der Waals surface area contributed by atoms with Crippen molar-refractivity contribution in [1.82, 2.24) is 4.98 Å². The van der Waals surface area contributed by atoms with Gasteiger partial charge < -0.3 is 0 Å². The van der Waals surface area contributed by atoms with Crippen LogP contribution >= 0.6 is 0 Å². The van der Waals surface area contributed by atoms with Crippen LogP contribution in [0.5, 0.6) is 0 Å². The molecule has 0 saturated heterocycles. The van der Waals surface area contributed by atoms with Crippen molar-refractivity contribution < 1.29 is 0 Å². The topological polar surface area (TPSA) is 37.6 Å². The van der Waals surface area contributed by atoms with Gasteiger partial charge in [0.2, 0.25) is 0 Å². The average molecular weight is 406 g/mol. The summed E-state index contributed by atoms with van der Waals surface area (Å²) in [7, 11) is 0. The molecule has 0 unspecified atom stereocenters. The van der Waals surface area contributed by atoms with Crippen molar-refractivity contribution in [3.8, 4) is 22.4 Å². The van der Waals surface area contributed by atoms with E-state index in [4.69, 9.17) is 4.99 Å². The molecular weight excluding hydrogens is 378 g/mol. The van der Waals surface area contributed by atoms with Crippen LogP contribution in [0.2, 0.25) is 0 Å². The molecule has 0 aliphatic heterocycles. The lowest BCUT2D eigenvalue weighted by atomic mass is 10.0. The van der Waals surface area contributed by atoms with E-state index in [-0.39, 0.29) is 0 Å². The molecule has 0 atom stereocenters. The first-order chi connectivity index (χ1) is 15.1. The Morgan fingerprint density at radius 1 is 0.968 bits per heavy atom. The first-order valence-electron chi connectivity index (χ1n) is 10.3. The Balaban J connectivity index is 2.07. The van der Waals surface area contributed by atoms with Crippen LogP contribution in [-0.4, -0.2) is 16.9 Å². The Morgan fingerprint density at radius 2 is 1.71 bits per heavy atom. The van der Waals surface area contributed by atoms with Crippen LogP contribution in [0.15, 0.2) is 119 Å². The van der Waals surface area contributed by atoms with Crippen LogP contribution in [0.3, 0.4) is 0 Å². The molecule has 154 valence electrons. The third kappa shape index (κ3) is 6.06. The standard InChI is InChI=1S/C28H27N3/c1-5-15-29-22(4)21(3)17-26(6-2)31-27-19-24(23-12-8-7-9-13-23)18-25(20-27)28-14-10-11-16-30-28/h6-20H,2,4-5H2,1,3H3/b21-17+,29-15?,31-26?. The molecule has 0 amide bonds. The minimum absolute atomic E-state index is 0.726. The zero-order valence-corrected chi connectivity index (χ0v) is 18.1. The van der Waals surface area contributed by atoms with Crippen molar-refractivity contribution in [1.29, 1.82) is 0 Å². The lowest BCUT2D eigenvalue weighted by Gasteiger charge is -2.09. The zero-order chi connectivity index (χ0) is 22.1. The van der Waals surface area contributed by atoms with E-state index in [0.29, 0.717) is 0 Å². The van der Waals surface area contributed by atoms with Gasteiger partial charge in [0.1, 0.15) is 0 Å². The number of pyridine rings is 1. The number of hydrogen-bond donors (Lipinski definition) is 0. The zero-order valence-electron chi connectivity index (χ0n) is 18.1. The summed E-state index contributed by atoms with van der Waals surface area (Å²) in [6.07, 6.45) is 8.23. The molecule has 0 fully saturated rings. The van der Waals surface area contributed by atoms with Gasteiger partial charge in [-0.15, -0.1) is 0 Å². The van der Waals surface area contributed by atoms with E-state index >= 15 is 0 Å². The predicted octanol–water partition coefficient (Wildman–Crippen LogP) is 7.61. The van der Waals surface area contributed by atoms with Crippen molar-refractivity contribution in [3.05, 3.63) is 110 Å². The number of aliphatic imine (C=N–C) groups is 2. The quantitative estimate of drug-likeness (QED) is 0.280. The molecule has 0 radical (unpaired) electrons. The SMILES string of the molecule is C=CC(/C=C(\C)C(=C)N=CCC)=Nc1cc(-c2ccccc2)cc(-c2ccccn2)c1. The van der Waals surface area contributed by atoms with Gasteiger partial charge in [0.15, 0.2) is 0 Å². The van der Waals surface area contributed by atoms with Crippen molar-refractivity contribution in [2.45, 2.75) is 20.3 Å². The van der Waals surface area contributed by atoms with Gasteiger partial charge in [-0.05, 0) is 72.5 Å². The number of nitrogens with zero attached hydrogens (tertiary/aromatic N) is 3. The third-order valence-corrected chi connectivity index (χ3v) is 4.70. The number of allylic oxidation sites excluding steroid dienone is 3. The Bertz CT molecular complexity index is 1080. The maximum Gasteiger partial charge on any atom is 0.0702 e. The molecular formula is C28H27N3. The second-order valence-corrected chi connectivity index (χ2v) is 7.08. The normalized spacial score (nSPS) is 12.2. The molecule has 0 aliphatic rings. The van der Waals surface area contributed by atoms with Gasteiger partial charge in [-0.3, -0.25) is 9.98 Å². The highest BCUT2D eigenvalue weighted by molar-refractivity contribution is 6.06. The fourth-order valence-electron chi connectivity index (χ4n) is 3.05. The van der Waals surface area contributed by atoms with E-state index in [0.717, 1.165) is 51.5 Å². The van der Waals surface area contributed by atoms with Crippen LogP contribution in [0.25, 0.3) is 22.4 Å². The Morgan fingerprint density at radius 3 is 2.39 bits per heavy atom. The predicted molar refractivity (Wildman–Crippen MR) is 134 cm³/mol. The van der Waals surface area contributed by atoms with Gasteiger partial charge in [0.05, 0.1) is 22.8 Å². The van der Waals surface area contributed by atoms with Gasteiger partial charge >= 0.3 is 0 Å².